The molecule has 0 unspecified atom stereocenters. The molecule has 28 heavy (non-hydrogen) atoms. The Morgan fingerprint density at radius 2 is 1.46 bits per heavy atom. The number of hydrogen-bond donors (Lipinski definition) is 1. The van der Waals surface area contributed by atoms with Gasteiger partial charge in [0, 0.05) is 12.7 Å². The Labute approximate surface area is 170 Å². The predicted octanol–water partition coefficient (Wildman–Crippen LogP) is 4.76. The second-order valence-corrected chi connectivity index (χ2v) is 12.4. The van der Waals surface area contributed by atoms with Crippen molar-refractivity contribution in [2.24, 2.45) is 0 Å². The fraction of sp³-hybridized carbons (Fsp3) is 0.375. The zero-order valence-corrected chi connectivity index (χ0v) is 18.2. The Morgan fingerprint density at radius 1 is 0.929 bits per heavy atom. The maximum absolute atomic E-state index is 10.5. The number of carboxylic acids is 1. The lowest BCUT2D eigenvalue weighted by molar-refractivity contribution is -0.131. The monoisotopic (exact) mass is 396 g/mol. The molecule has 0 bridgehead atoms. The first-order chi connectivity index (χ1) is 13.4. The SMILES string of the molecule is CC(C)(C)[Si](OCCCCC/C=C/C(=O)O)(c1ccccc1)c1ccccc1. The summed E-state index contributed by atoms with van der Waals surface area (Å²) in [5, 5.41) is 11.2. The molecule has 0 spiro atoms. The minimum atomic E-state index is -2.43. The van der Waals surface area contributed by atoms with Crippen LogP contribution < -0.4 is 10.4 Å². The summed E-state index contributed by atoms with van der Waals surface area (Å²) in [5.41, 5.74) is 0. The van der Waals surface area contributed by atoms with E-state index in [1.54, 1.807) is 6.08 Å². The van der Waals surface area contributed by atoms with E-state index in [0.717, 1.165) is 32.3 Å². The van der Waals surface area contributed by atoms with Crippen LogP contribution in [-0.4, -0.2) is 26.0 Å². The molecule has 0 saturated heterocycles. The van der Waals surface area contributed by atoms with E-state index < -0.39 is 14.3 Å². The highest BCUT2D eigenvalue weighted by Gasteiger charge is 2.49. The molecule has 0 radical (unpaired) electrons. The van der Waals surface area contributed by atoms with Gasteiger partial charge in [0.1, 0.15) is 0 Å². The molecule has 3 nitrogen and oxygen atoms in total. The molecule has 2 rings (SSSR count). The lowest BCUT2D eigenvalue weighted by atomic mass is 10.2. The van der Waals surface area contributed by atoms with Crippen molar-refractivity contribution in [2.45, 2.75) is 51.5 Å². The second-order valence-electron chi connectivity index (χ2n) is 8.10. The quantitative estimate of drug-likeness (QED) is 0.358. The topological polar surface area (TPSA) is 46.5 Å². The predicted molar refractivity (Wildman–Crippen MR) is 119 cm³/mol. The van der Waals surface area contributed by atoms with Crippen LogP contribution in [0.15, 0.2) is 72.8 Å². The van der Waals surface area contributed by atoms with Gasteiger partial charge < -0.3 is 9.53 Å². The molecule has 4 heteroatoms. The third kappa shape index (κ3) is 5.66. The summed E-state index contributed by atoms with van der Waals surface area (Å²) < 4.78 is 6.84. The number of allylic oxidation sites excluding steroid dienone is 1. The number of aliphatic carboxylic acids is 1. The van der Waals surface area contributed by atoms with Crippen molar-refractivity contribution >= 4 is 24.7 Å². The van der Waals surface area contributed by atoms with E-state index in [2.05, 4.69) is 81.4 Å². The lowest BCUT2D eigenvalue weighted by Gasteiger charge is -2.43. The molecule has 0 amide bonds. The number of benzene rings is 2. The van der Waals surface area contributed by atoms with Gasteiger partial charge in [0.25, 0.3) is 8.32 Å². The van der Waals surface area contributed by atoms with Gasteiger partial charge >= 0.3 is 5.97 Å². The maximum atomic E-state index is 10.5. The van der Waals surface area contributed by atoms with Crippen LogP contribution >= 0.6 is 0 Å². The first-order valence-corrected chi connectivity index (χ1v) is 11.9. The Hall–Kier alpha value is -2.17. The van der Waals surface area contributed by atoms with Crippen LogP contribution in [0.25, 0.3) is 0 Å². The van der Waals surface area contributed by atoms with Crippen molar-refractivity contribution in [2.75, 3.05) is 6.61 Å². The summed E-state index contributed by atoms with van der Waals surface area (Å²) in [7, 11) is -2.43. The Morgan fingerprint density at radius 3 is 1.93 bits per heavy atom. The average Bonchev–Trinajstić information content (AvgIpc) is 2.67. The summed E-state index contributed by atoms with van der Waals surface area (Å²) in [6, 6.07) is 21.4. The zero-order chi connectivity index (χ0) is 20.5. The number of hydrogen-bond acceptors (Lipinski definition) is 2. The van der Waals surface area contributed by atoms with Crippen LogP contribution in [0.3, 0.4) is 0 Å². The molecular formula is C24H32O3Si. The molecule has 1 N–H and O–H groups in total. The summed E-state index contributed by atoms with van der Waals surface area (Å²) in [5.74, 6) is -0.880. The number of carbonyl (C=O) groups is 1. The molecule has 0 aliphatic carbocycles. The smallest absolute Gasteiger partial charge is 0.327 e. The third-order valence-electron chi connectivity index (χ3n) is 5.01. The number of carboxylic acid groups (broad SMARTS) is 1. The van der Waals surface area contributed by atoms with Crippen molar-refractivity contribution in [3.05, 3.63) is 72.8 Å². The van der Waals surface area contributed by atoms with E-state index in [9.17, 15) is 4.79 Å². The lowest BCUT2D eigenvalue weighted by Crippen LogP contribution is -2.66. The Bertz CT molecular complexity index is 709. The van der Waals surface area contributed by atoms with E-state index >= 15 is 0 Å². The highest BCUT2D eigenvalue weighted by molar-refractivity contribution is 6.99. The van der Waals surface area contributed by atoms with E-state index in [1.807, 2.05) is 0 Å². The molecule has 0 aliphatic heterocycles. The average molecular weight is 397 g/mol. The van der Waals surface area contributed by atoms with E-state index in [1.165, 1.54) is 16.4 Å². The molecule has 0 atom stereocenters. The minimum Gasteiger partial charge on any atom is -0.478 e. The fourth-order valence-corrected chi connectivity index (χ4v) is 8.32. The number of rotatable bonds is 10. The highest BCUT2D eigenvalue weighted by atomic mass is 28.4. The molecule has 150 valence electrons. The van der Waals surface area contributed by atoms with Gasteiger partial charge in [0.05, 0.1) is 0 Å². The van der Waals surface area contributed by atoms with Gasteiger partial charge in [-0.1, -0.05) is 93.9 Å². The Kier molecular flexibility index (Phi) is 8.21. The fourth-order valence-electron chi connectivity index (χ4n) is 3.71. The van der Waals surface area contributed by atoms with Gasteiger partial charge in [-0.25, -0.2) is 4.79 Å². The molecule has 0 heterocycles. The van der Waals surface area contributed by atoms with E-state index in [4.69, 9.17) is 9.53 Å². The van der Waals surface area contributed by atoms with Crippen LogP contribution in [0.5, 0.6) is 0 Å². The second kappa shape index (κ2) is 10.4. The molecule has 0 fully saturated rings. The molecule has 0 saturated carbocycles. The van der Waals surface area contributed by atoms with Crippen molar-refractivity contribution in [1.29, 1.82) is 0 Å². The third-order valence-corrected chi connectivity index (χ3v) is 10.1. The van der Waals surface area contributed by atoms with Gasteiger partial charge in [0.2, 0.25) is 0 Å². The largest absolute Gasteiger partial charge is 0.478 e. The van der Waals surface area contributed by atoms with Gasteiger partial charge in [-0.15, -0.1) is 0 Å². The molecular weight excluding hydrogens is 364 g/mol. The highest BCUT2D eigenvalue weighted by Crippen LogP contribution is 2.36. The minimum absolute atomic E-state index is 0.0000676. The van der Waals surface area contributed by atoms with Crippen LogP contribution in [0.2, 0.25) is 5.04 Å². The van der Waals surface area contributed by atoms with Gasteiger partial charge in [-0.3, -0.25) is 0 Å². The molecule has 0 aromatic heterocycles. The van der Waals surface area contributed by atoms with Crippen molar-refractivity contribution in [3.63, 3.8) is 0 Å². The molecule has 0 aliphatic rings. The first kappa shape index (κ1) is 22.1. The summed E-state index contributed by atoms with van der Waals surface area (Å²) >= 11 is 0. The van der Waals surface area contributed by atoms with Crippen molar-refractivity contribution in [1.82, 2.24) is 0 Å². The summed E-state index contributed by atoms with van der Waals surface area (Å²) in [6.07, 6.45) is 6.73. The van der Waals surface area contributed by atoms with Crippen molar-refractivity contribution < 1.29 is 14.3 Å². The standard InChI is InChI=1S/C24H32O3Si/c1-24(2,3)28(21-15-9-7-10-16-21,22-17-11-8-12-18-22)27-20-14-6-4-5-13-19-23(25)26/h7-13,15-19H,4-6,14,20H2,1-3H3,(H,25,26)/b19-13+. The van der Waals surface area contributed by atoms with Crippen molar-refractivity contribution in [3.8, 4) is 0 Å². The first-order valence-electron chi connectivity index (χ1n) is 10.0. The zero-order valence-electron chi connectivity index (χ0n) is 17.2. The molecule has 2 aromatic rings. The van der Waals surface area contributed by atoms with Gasteiger partial charge in [0.15, 0.2) is 0 Å². The maximum Gasteiger partial charge on any atom is 0.327 e. The van der Waals surface area contributed by atoms with Crippen LogP contribution in [0.4, 0.5) is 0 Å². The Balaban J connectivity index is 2.15. The van der Waals surface area contributed by atoms with Crippen LogP contribution in [-0.2, 0) is 9.22 Å². The summed E-state index contributed by atoms with van der Waals surface area (Å²) in [4.78, 5) is 10.5. The normalized spacial score (nSPS) is 12.4. The van der Waals surface area contributed by atoms with E-state index in [-0.39, 0.29) is 5.04 Å². The molecule has 2 aromatic carbocycles. The van der Waals surface area contributed by atoms with Crippen LogP contribution in [0, 0.1) is 0 Å². The van der Waals surface area contributed by atoms with Crippen LogP contribution in [0.1, 0.15) is 46.5 Å². The van der Waals surface area contributed by atoms with Gasteiger partial charge in [-0.05, 0) is 34.7 Å². The van der Waals surface area contributed by atoms with Gasteiger partial charge in [-0.2, -0.15) is 0 Å². The number of unbranched alkanes of at least 4 members (excludes halogenated alkanes) is 3. The van der Waals surface area contributed by atoms with E-state index in [0.29, 0.717) is 0 Å². The summed E-state index contributed by atoms with van der Waals surface area (Å²) in [6.45, 7) is 7.58.